The minimum absolute atomic E-state index is 0.0135. The Balaban J connectivity index is 1.80. The molecule has 0 spiro atoms. The van der Waals surface area contributed by atoms with Crippen LogP contribution in [0, 0.1) is 5.92 Å². The zero-order chi connectivity index (χ0) is 15.7. The number of hydrogen-bond donors (Lipinski definition) is 1. The second kappa shape index (κ2) is 6.42. The molecule has 22 heavy (non-hydrogen) atoms. The molecule has 0 aliphatic carbocycles. The molecule has 2 aliphatic heterocycles. The Bertz CT molecular complexity index is 648. The Morgan fingerprint density at radius 3 is 3.09 bits per heavy atom. The Hall–Kier alpha value is -1.34. The van der Waals surface area contributed by atoms with Gasteiger partial charge in [0, 0.05) is 45.9 Å². The molecule has 2 unspecified atom stereocenters. The van der Waals surface area contributed by atoms with Crippen LogP contribution < -0.4 is 5.32 Å². The topological polar surface area (TPSA) is 66.5 Å². The summed E-state index contributed by atoms with van der Waals surface area (Å²) in [7, 11) is -0.833. The molecule has 0 bridgehead atoms. The van der Waals surface area contributed by atoms with Crippen molar-refractivity contribution in [2.45, 2.75) is 11.8 Å². The highest BCUT2D eigenvalue weighted by molar-refractivity contribution is 8.00. The van der Waals surface area contributed by atoms with E-state index in [-0.39, 0.29) is 17.7 Å². The standard InChI is InChI=1S/C15H18N2O3S2/c1-10-7-17(4-5-22(20)9-10)15(19)11-2-3-12-13(6-11)21-8-14(18)16-12/h2-3,6,10H,4-5,7-9H2,1H3,(H,16,18). The molecule has 0 saturated carbocycles. The van der Waals surface area contributed by atoms with Crippen LogP contribution in [0.4, 0.5) is 5.69 Å². The van der Waals surface area contributed by atoms with Crippen LogP contribution >= 0.6 is 11.8 Å². The third-order valence-electron chi connectivity index (χ3n) is 3.74. The van der Waals surface area contributed by atoms with E-state index >= 15 is 0 Å². The lowest BCUT2D eigenvalue weighted by Crippen LogP contribution is -2.35. The molecule has 1 aromatic carbocycles. The summed E-state index contributed by atoms with van der Waals surface area (Å²) < 4.78 is 11.8. The van der Waals surface area contributed by atoms with Gasteiger partial charge in [-0.1, -0.05) is 6.92 Å². The third kappa shape index (κ3) is 3.35. The van der Waals surface area contributed by atoms with Crippen molar-refractivity contribution in [1.29, 1.82) is 0 Å². The van der Waals surface area contributed by atoms with E-state index in [1.165, 1.54) is 11.8 Å². The lowest BCUT2D eigenvalue weighted by atomic mass is 10.1. The molecule has 118 valence electrons. The molecule has 3 rings (SSSR count). The molecule has 1 saturated heterocycles. The quantitative estimate of drug-likeness (QED) is 0.844. The average molecular weight is 338 g/mol. The molecule has 2 heterocycles. The molecule has 2 amide bonds. The van der Waals surface area contributed by atoms with Crippen molar-refractivity contribution >= 4 is 40.1 Å². The van der Waals surface area contributed by atoms with E-state index in [0.717, 1.165) is 10.6 Å². The fourth-order valence-electron chi connectivity index (χ4n) is 2.71. The smallest absolute Gasteiger partial charge is 0.253 e. The van der Waals surface area contributed by atoms with Crippen LogP contribution in [-0.4, -0.2) is 51.3 Å². The highest BCUT2D eigenvalue weighted by Crippen LogP contribution is 2.32. The summed E-state index contributed by atoms with van der Waals surface area (Å²) in [4.78, 5) is 26.8. The zero-order valence-corrected chi connectivity index (χ0v) is 14.0. The zero-order valence-electron chi connectivity index (χ0n) is 12.3. The first-order valence-corrected chi connectivity index (χ1v) is 9.71. The van der Waals surface area contributed by atoms with E-state index in [1.54, 1.807) is 17.0 Å². The van der Waals surface area contributed by atoms with Crippen molar-refractivity contribution in [2.24, 2.45) is 5.92 Å². The van der Waals surface area contributed by atoms with Gasteiger partial charge in [-0.2, -0.15) is 0 Å². The SMILES string of the molecule is CC1CN(C(=O)c2ccc3c(c2)SCC(=O)N3)CCS(=O)C1. The first-order chi connectivity index (χ1) is 10.5. The Labute approximate surface area is 136 Å². The van der Waals surface area contributed by atoms with Gasteiger partial charge >= 0.3 is 0 Å². The van der Waals surface area contributed by atoms with Crippen LogP contribution in [0.1, 0.15) is 17.3 Å². The van der Waals surface area contributed by atoms with Crippen molar-refractivity contribution in [3.05, 3.63) is 23.8 Å². The average Bonchev–Trinajstić information content (AvgIpc) is 2.66. The van der Waals surface area contributed by atoms with Crippen LogP contribution in [0.15, 0.2) is 23.1 Å². The summed E-state index contributed by atoms with van der Waals surface area (Å²) in [6.45, 7) is 3.21. The van der Waals surface area contributed by atoms with Crippen LogP contribution in [0.3, 0.4) is 0 Å². The molecule has 7 heteroatoms. The number of nitrogens with one attached hydrogen (secondary N) is 1. The van der Waals surface area contributed by atoms with Gasteiger partial charge in [0.15, 0.2) is 0 Å². The van der Waals surface area contributed by atoms with Crippen molar-refractivity contribution in [2.75, 3.05) is 35.7 Å². The monoisotopic (exact) mass is 338 g/mol. The van der Waals surface area contributed by atoms with Gasteiger partial charge < -0.3 is 10.2 Å². The molecule has 0 aromatic heterocycles. The van der Waals surface area contributed by atoms with Crippen molar-refractivity contribution in [1.82, 2.24) is 4.90 Å². The molecular formula is C15H18N2O3S2. The first-order valence-electron chi connectivity index (χ1n) is 7.24. The highest BCUT2D eigenvalue weighted by atomic mass is 32.2. The van der Waals surface area contributed by atoms with E-state index < -0.39 is 10.8 Å². The van der Waals surface area contributed by atoms with Crippen molar-refractivity contribution in [3.8, 4) is 0 Å². The fourth-order valence-corrected chi connectivity index (χ4v) is 4.88. The molecule has 1 N–H and O–H groups in total. The summed E-state index contributed by atoms with van der Waals surface area (Å²) >= 11 is 1.45. The summed E-state index contributed by atoms with van der Waals surface area (Å²) in [5.74, 6) is 1.80. The number of anilines is 1. The third-order valence-corrected chi connectivity index (χ3v) is 6.37. The van der Waals surface area contributed by atoms with Crippen LogP contribution in [0.2, 0.25) is 0 Å². The van der Waals surface area contributed by atoms with E-state index in [2.05, 4.69) is 5.32 Å². The molecule has 1 aromatic rings. The summed E-state index contributed by atoms with van der Waals surface area (Å²) in [6.07, 6.45) is 0. The van der Waals surface area contributed by atoms with E-state index in [4.69, 9.17) is 0 Å². The van der Waals surface area contributed by atoms with Gasteiger partial charge in [0.1, 0.15) is 0 Å². The second-order valence-corrected chi connectivity index (χ2v) is 8.35. The van der Waals surface area contributed by atoms with Crippen LogP contribution in [0.5, 0.6) is 0 Å². The van der Waals surface area contributed by atoms with E-state index in [9.17, 15) is 13.8 Å². The van der Waals surface area contributed by atoms with E-state index in [1.807, 2.05) is 13.0 Å². The number of thioether (sulfide) groups is 1. The van der Waals surface area contributed by atoms with Gasteiger partial charge in [-0.15, -0.1) is 11.8 Å². The molecule has 2 atom stereocenters. The Morgan fingerprint density at radius 2 is 2.27 bits per heavy atom. The molecule has 1 fully saturated rings. The normalized spacial score (nSPS) is 25.1. The lowest BCUT2D eigenvalue weighted by molar-refractivity contribution is -0.113. The van der Waals surface area contributed by atoms with Crippen LogP contribution in [0.25, 0.3) is 0 Å². The number of fused-ring (bicyclic) bond motifs is 1. The number of benzene rings is 1. The Kier molecular flexibility index (Phi) is 4.54. The predicted octanol–water partition coefficient (Wildman–Crippen LogP) is 1.57. The maximum atomic E-state index is 12.7. The number of nitrogens with zero attached hydrogens (tertiary/aromatic N) is 1. The number of carbonyl (C=O) groups excluding carboxylic acids is 2. The van der Waals surface area contributed by atoms with Gasteiger partial charge in [0.2, 0.25) is 5.91 Å². The summed E-state index contributed by atoms with van der Waals surface area (Å²) in [5.41, 5.74) is 1.39. The van der Waals surface area contributed by atoms with Gasteiger partial charge in [0.05, 0.1) is 11.4 Å². The number of amides is 2. The molecule has 0 radical (unpaired) electrons. The summed E-state index contributed by atoms with van der Waals surface area (Å²) in [5, 5.41) is 2.80. The van der Waals surface area contributed by atoms with Gasteiger partial charge in [-0.3, -0.25) is 13.8 Å². The minimum atomic E-state index is -0.833. The largest absolute Gasteiger partial charge is 0.337 e. The number of hydrogen-bond acceptors (Lipinski definition) is 4. The van der Waals surface area contributed by atoms with Gasteiger partial charge in [0.25, 0.3) is 5.91 Å². The summed E-state index contributed by atoms with van der Waals surface area (Å²) in [6, 6.07) is 5.38. The highest BCUT2D eigenvalue weighted by Gasteiger charge is 2.25. The van der Waals surface area contributed by atoms with Gasteiger partial charge in [-0.25, -0.2) is 0 Å². The first kappa shape index (κ1) is 15.6. The predicted molar refractivity (Wildman–Crippen MR) is 88.7 cm³/mol. The molecular weight excluding hydrogens is 320 g/mol. The van der Waals surface area contributed by atoms with Crippen molar-refractivity contribution in [3.63, 3.8) is 0 Å². The molecule has 2 aliphatic rings. The second-order valence-electron chi connectivity index (χ2n) is 5.71. The Morgan fingerprint density at radius 1 is 1.45 bits per heavy atom. The number of carbonyl (C=O) groups is 2. The van der Waals surface area contributed by atoms with E-state index in [0.29, 0.717) is 35.9 Å². The van der Waals surface area contributed by atoms with Crippen molar-refractivity contribution < 1.29 is 13.8 Å². The maximum absolute atomic E-state index is 12.7. The maximum Gasteiger partial charge on any atom is 0.253 e. The van der Waals surface area contributed by atoms with Crippen LogP contribution in [-0.2, 0) is 15.6 Å². The molecule has 5 nitrogen and oxygen atoms in total. The lowest BCUT2D eigenvalue weighted by Gasteiger charge is -2.23. The van der Waals surface area contributed by atoms with Gasteiger partial charge in [-0.05, 0) is 24.1 Å². The number of rotatable bonds is 1. The fraction of sp³-hybridized carbons (Fsp3) is 0.467. The minimum Gasteiger partial charge on any atom is -0.337 e.